The molecule has 5 heteroatoms. The number of hydrogen-bond donors (Lipinski definition) is 2. The minimum absolute atomic E-state index is 0.196. The number of anilines is 1. The van der Waals surface area contributed by atoms with Crippen LogP contribution in [0.3, 0.4) is 0 Å². The van der Waals surface area contributed by atoms with Crippen LogP contribution < -0.4 is 15.4 Å². The van der Waals surface area contributed by atoms with Crippen LogP contribution in [0.2, 0.25) is 0 Å². The number of rotatable bonds is 8. The topological polar surface area (TPSA) is 67.4 Å². The molecule has 2 N–H and O–H groups in total. The predicted octanol–water partition coefficient (Wildman–Crippen LogP) is 4.72. The van der Waals surface area contributed by atoms with Crippen molar-refractivity contribution in [1.29, 1.82) is 0 Å². The maximum Gasteiger partial charge on any atom is 0.265 e. The standard InChI is InChI=1S/C25H26N2O3/c1-3-23(30-22-14-12-18(2)13-15-22)25(29)27-21-11-7-10-20(16-21)24(28)26-17-19-8-5-4-6-9-19/h4-16,23H,3,17H2,1-2H3,(H,26,28)(H,27,29). The molecular formula is C25H26N2O3. The van der Waals surface area contributed by atoms with Gasteiger partial charge in [0.1, 0.15) is 5.75 Å². The van der Waals surface area contributed by atoms with Crippen molar-refractivity contribution >= 4 is 17.5 Å². The minimum Gasteiger partial charge on any atom is -0.481 e. The van der Waals surface area contributed by atoms with E-state index in [0.29, 0.717) is 30.0 Å². The molecule has 0 saturated carbocycles. The Kier molecular flexibility index (Phi) is 7.22. The second-order valence-electron chi connectivity index (χ2n) is 7.07. The molecule has 154 valence electrons. The lowest BCUT2D eigenvalue weighted by molar-refractivity contribution is -0.122. The van der Waals surface area contributed by atoms with Crippen LogP contribution in [-0.2, 0) is 11.3 Å². The molecule has 1 unspecified atom stereocenters. The first-order chi connectivity index (χ1) is 14.5. The van der Waals surface area contributed by atoms with Gasteiger partial charge in [0.2, 0.25) is 0 Å². The molecule has 3 aromatic carbocycles. The molecule has 0 fully saturated rings. The normalized spacial score (nSPS) is 11.4. The Morgan fingerprint density at radius 1 is 0.933 bits per heavy atom. The summed E-state index contributed by atoms with van der Waals surface area (Å²) in [6, 6.07) is 24.2. The van der Waals surface area contributed by atoms with Crippen molar-refractivity contribution in [2.24, 2.45) is 0 Å². The second-order valence-corrected chi connectivity index (χ2v) is 7.07. The van der Waals surface area contributed by atoms with E-state index >= 15 is 0 Å². The number of nitrogens with one attached hydrogen (secondary N) is 2. The predicted molar refractivity (Wildman–Crippen MR) is 119 cm³/mol. The smallest absolute Gasteiger partial charge is 0.265 e. The number of carbonyl (C=O) groups excluding carboxylic acids is 2. The Labute approximate surface area is 177 Å². The molecule has 30 heavy (non-hydrogen) atoms. The van der Waals surface area contributed by atoms with Crippen LogP contribution in [0, 0.1) is 6.92 Å². The van der Waals surface area contributed by atoms with E-state index in [9.17, 15) is 9.59 Å². The highest BCUT2D eigenvalue weighted by atomic mass is 16.5. The van der Waals surface area contributed by atoms with E-state index in [0.717, 1.165) is 11.1 Å². The quantitative estimate of drug-likeness (QED) is 0.573. The fourth-order valence-corrected chi connectivity index (χ4v) is 2.94. The van der Waals surface area contributed by atoms with E-state index in [1.807, 2.05) is 68.4 Å². The van der Waals surface area contributed by atoms with Gasteiger partial charge in [0, 0.05) is 17.8 Å². The Bertz CT molecular complexity index is 985. The summed E-state index contributed by atoms with van der Waals surface area (Å²) in [5.41, 5.74) is 3.19. The van der Waals surface area contributed by atoms with Gasteiger partial charge in [0.15, 0.2) is 6.10 Å². The molecule has 0 aromatic heterocycles. The highest BCUT2D eigenvalue weighted by Crippen LogP contribution is 2.17. The van der Waals surface area contributed by atoms with Gasteiger partial charge >= 0.3 is 0 Å². The summed E-state index contributed by atoms with van der Waals surface area (Å²) in [5.74, 6) is 0.203. The third kappa shape index (κ3) is 5.95. The highest BCUT2D eigenvalue weighted by molar-refractivity contribution is 5.98. The average Bonchev–Trinajstić information content (AvgIpc) is 2.78. The number of hydrogen-bond acceptors (Lipinski definition) is 3. The number of carbonyl (C=O) groups is 2. The van der Waals surface area contributed by atoms with E-state index in [1.165, 1.54) is 0 Å². The summed E-state index contributed by atoms with van der Waals surface area (Å²) in [4.78, 5) is 25.1. The molecule has 0 aliphatic rings. The first-order valence-corrected chi connectivity index (χ1v) is 10.0. The lowest BCUT2D eigenvalue weighted by Crippen LogP contribution is -2.32. The maximum absolute atomic E-state index is 12.7. The monoisotopic (exact) mass is 402 g/mol. The van der Waals surface area contributed by atoms with Crippen molar-refractivity contribution < 1.29 is 14.3 Å². The van der Waals surface area contributed by atoms with Crippen molar-refractivity contribution in [2.45, 2.75) is 32.9 Å². The van der Waals surface area contributed by atoms with Gasteiger partial charge in [-0.2, -0.15) is 0 Å². The molecule has 3 rings (SSSR count). The summed E-state index contributed by atoms with van der Waals surface area (Å²) in [5, 5.41) is 5.74. The van der Waals surface area contributed by atoms with Crippen LogP contribution >= 0.6 is 0 Å². The Balaban J connectivity index is 1.60. The number of aryl methyl sites for hydroxylation is 1. The van der Waals surface area contributed by atoms with E-state index < -0.39 is 6.10 Å². The highest BCUT2D eigenvalue weighted by Gasteiger charge is 2.19. The lowest BCUT2D eigenvalue weighted by Gasteiger charge is -2.17. The van der Waals surface area contributed by atoms with Gasteiger partial charge in [-0.25, -0.2) is 0 Å². The van der Waals surface area contributed by atoms with Crippen LogP contribution in [0.4, 0.5) is 5.69 Å². The fourth-order valence-electron chi connectivity index (χ4n) is 2.94. The molecule has 2 amide bonds. The number of benzene rings is 3. The molecule has 0 bridgehead atoms. The van der Waals surface area contributed by atoms with Crippen molar-refractivity contribution in [3.63, 3.8) is 0 Å². The molecule has 5 nitrogen and oxygen atoms in total. The fraction of sp³-hybridized carbons (Fsp3) is 0.200. The van der Waals surface area contributed by atoms with E-state index in [1.54, 1.807) is 24.3 Å². The Morgan fingerprint density at radius 3 is 2.37 bits per heavy atom. The summed E-state index contributed by atoms with van der Waals surface area (Å²) in [6.45, 7) is 4.33. The Hall–Kier alpha value is -3.60. The molecule has 0 heterocycles. The first kappa shape index (κ1) is 21.1. The third-order valence-electron chi connectivity index (χ3n) is 4.65. The van der Waals surface area contributed by atoms with Crippen LogP contribution in [0.5, 0.6) is 5.75 Å². The maximum atomic E-state index is 12.7. The van der Waals surface area contributed by atoms with Crippen molar-refractivity contribution in [3.05, 3.63) is 95.6 Å². The molecule has 0 aliphatic heterocycles. The molecule has 0 spiro atoms. The zero-order valence-electron chi connectivity index (χ0n) is 17.2. The third-order valence-corrected chi connectivity index (χ3v) is 4.65. The van der Waals surface area contributed by atoms with Crippen LogP contribution in [-0.4, -0.2) is 17.9 Å². The van der Waals surface area contributed by atoms with Crippen molar-refractivity contribution in [2.75, 3.05) is 5.32 Å². The number of amides is 2. The summed E-state index contributed by atoms with van der Waals surface area (Å²) >= 11 is 0. The molecule has 1 atom stereocenters. The zero-order valence-corrected chi connectivity index (χ0v) is 17.2. The lowest BCUT2D eigenvalue weighted by atomic mass is 10.1. The largest absolute Gasteiger partial charge is 0.481 e. The summed E-state index contributed by atoms with van der Waals surface area (Å²) in [6.07, 6.45) is -0.0972. The van der Waals surface area contributed by atoms with Crippen molar-refractivity contribution in [1.82, 2.24) is 5.32 Å². The molecule has 0 radical (unpaired) electrons. The van der Waals surface area contributed by atoms with Gasteiger partial charge in [-0.05, 0) is 49.2 Å². The minimum atomic E-state index is -0.622. The van der Waals surface area contributed by atoms with Gasteiger partial charge in [0.25, 0.3) is 11.8 Å². The van der Waals surface area contributed by atoms with Crippen LogP contribution in [0.25, 0.3) is 0 Å². The van der Waals surface area contributed by atoms with E-state index in [-0.39, 0.29) is 11.8 Å². The molecule has 0 saturated heterocycles. The van der Waals surface area contributed by atoms with Gasteiger partial charge in [-0.1, -0.05) is 61.0 Å². The summed E-state index contributed by atoms with van der Waals surface area (Å²) in [7, 11) is 0. The zero-order chi connectivity index (χ0) is 21.3. The van der Waals surface area contributed by atoms with Gasteiger partial charge < -0.3 is 15.4 Å². The molecule has 0 aliphatic carbocycles. The first-order valence-electron chi connectivity index (χ1n) is 10.0. The van der Waals surface area contributed by atoms with Gasteiger partial charge in [0.05, 0.1) is 0 Å². The van der Waals surface area contributed by atoms with E-state index in [4.69, 9.17) is 4.74 Å². The van der Waals surface area contributed by atoms with Crippen LogP contribution in [0.15, 0.2) is 78.9 Å². The molecular weight excluding hydrogens is 376 g/mol. The van der Waals surface area contributed by atoms with E-state index in [2.05, 4.69) is 10.6 Å². The van der Waals surface area contributed by atoms with Gasteiger partial charge in [-0.15, -0.1) is 0 Å². The van der Waals surface area contributed by atoms with Crippen molar-refractivity contribution in [3.8, 4) is 5.75 Å². The second kappa shape index (κ2) is 10.3. The SMILES string of the molecule is CCC(Oc1ccc(C)cc1)C(=O)Nc1cccc(C(=O)NCc2ccccc2)c1. The van der Waals surface area contributed by atoms with Crippen LogP contribution in [0.1, 0.15) is 34.8 Å². The Morgan fingerprint density at radius 2 is 1.67 bits per heavy atom. The van der Waals surface area contributed by atoms with Gasteiger partial charge in [-0.3, -0.25) is 9.59 Å². The summed E-state index contributed by atoms with van der Waals surface area (Å²) < 4.78 is 5.83. The molecule has 3 aromatic rings. The average molecular weight is 402 g/mol. The number of ether oxygens (including phenoxy) is 1.